The highest BCUT2D eigenvalue weighted by Gasteiger charge is 2.11. The van der Waals surface area contributed by atoms with Crippen molar-refractivity contribution in [1.29, 1.82) is 0 Å². The summed E-state index contributed by atoms with van der Waals surface area (Å²) in [6.07, 6.45) is 4.04. The number of hydrogen-bond acceptors (Lipinski definition) is 1. The Hall–Kier alpha value is 0.440. The number of alkyl halides is 1. The Kier molecular flexibility index (Phi) is 2.84. The minimum atomic E-state index is 0.814. The molecule has 0 aliphatic carbocycles. The summed E-state index contributed by atoms with van der Waals surface area (Å²) in [5.41, 5.74) is 0. The summed E-state index contributed by atoms with van der Waals surface area (Å²) in [6, 6.07) is 0.814. The summed E-state index contributed by atoms with van der Waals surface area (Å²) >= 11 is 3.42. The lowest BCUT2D eigenvalue weighted by Gasteiger charge is -2.04. The van der Waals surface area contributed by atoms with Crippen molar-refractivity contribution in [3.8, 4) is 0 Å². The van der Waals surface area contributed by atoms with E-state index in [1.54, 1.807) is 0 Å². The van der Waals surface area contributed by atoms with Crippen molar-refractivity contribution in [2.24, 2.45) is 0 Å². The smallest absolute Gasteiger partial charge is 0.00754 e. The molecule has 1 atom stereocenters. The van der Waals surface area contributed by atoms with Gasteiger partial charge in [0.25, 0.3) is 0 Å². The van der Waals surface area contributed by atoms with Crippen LogP contribution in [0, 0.1) is 0 Å². The molecule has 1 nitrogen and oxygen atoms in total. The van der Waals surface area contributed by atoms with E-state index in [4.69, 9.17) is 0 Å². The average molecular weight is 178 g/mol. The molecule has 1 unspecified atom stereocenters. The zero-order chi connectivity index (χ0) is 5.82. The fraction of sp³-hybridized carbons (Fsp3) is 1.00. The van der Waals surface area contributed by atoms with Crippen LogP contribution < -0.4 is 5.32 Å². The molecule has 0 aromatic rings. The minimum Gasteiger partial charge on any atom is -0.314 e. The second kappa shape index (κ2) is 3.46. The fourth-order valence-corrected chi connectivity index (χ4v) is 1.69. The van der Waals surface area contributed by atoms with Gasteiger partial charge in [-0.15, -0.1) is 0 Å². The first kappa shape index (κ1) is 6.56. The predicted octanol–water partition coefficient (Wildman–Crippen LogP) is 1.52. The third kappa shape index (κ3) is 1.75. The van der Waals surface area contributed by atoms with E-state index in [0.717, 1.165) is 11.4 Å². The van der Waals surface area contributed by atoms with E-state index in [9.17, 15) is 0 Å². The molecule has 2 heteroatoms. The molecule has 48 valence electrons. The van der Waals surface area contributed by atoms with Crippen LogP contribution in [0.2, 0.25) is 0 Å². The molecule has 0 aromatic carbocycles. The first-order valence-corrected chi connectivity index (χ1v) is 4.35. The van der Waals surface area contributed by atoms with Gasteiger partial charge in [-0.1, -0.05) is 15.9 Å². The summed E-state index contributed by atoms with van der Waals surface area (Å²) < 4.78 is 0. The number of hydrogen-bond donors (Lipinski definition) is 1. The number of nitrogens with one attached hydrogen (secondary N) is 1. The van der Waals surface area contributed by atoms with E-state index in [2.05, 4.69) is 21.2 Å². The third-order valence-corrected chi connectivity index (χ3v) is 2.08. The van der Waals surface area contributed by atoms with E-state index in [1.807, 2.05) is 0 Å². The first-order valence-electron chi connectivity index (χ1n) is 3.23. The third-order valence-electron chi connectivity index (χ3n) is 1.62. The van der Waals surface area contributed by atoms with Gasteiger partial charge in [0.05, 0.1) is 0 Å². The molecule has 1 N–H and O–H groups in total. The molecule has 1 saturated heterocycles. The molecule has 0 saturated carbocycles. The van der Waals surface area contributed by atoms with Gasteiger partial charge in [-0.3, -0.25) is 0 Å². The minimum absolute atomic E-state index is 0.814. The monoisotopic (exact) mass is 177 g/mol. The van der Waals surface area contributed by atoms with Crippen LogP contribution >= 0.6 is 15.9 Å². The molecular formula is C6H12BrN. The zero-order valence-electron chi connectivity index (χ0n) is 4.99. The van der Waals surface area contributed by atoms with Crippen molar-refractivity contribution in [2.45, 2.75) is 25.3 Å². The van der Waals surface area contributed by atoms with Crippen molar-refractivity contribution < 1.29 is 0 Å². The van der Waals surface area contributed by atoms with E-state index in [1.165, 1.54) is 25.8 Å². The van der Waals surface area contributed by atoms with E-state index < -0.39 is 0 Å². The molecule has 1 fully saturated rings. The average Bonchev–Trinajstić information content (AvgIpc) is 2.19. The van der Waals surface area contributed by atoms with Crippen LogP contribution in [0.3, 0.4) is 0 Å². The zero-order valence-corrected chi connectivity index (χ0v) is 6.58. The van der Waals surface area contributed by atoms with Crippen molar-refractivity contribution in [3.63, 3.8) is 0 Å². The number of rotatable bonds is 2. The number of halogens is 1. The van der Waals surface area contributed by atoms with Gasteiger partial charge < -0.3 is 5.32 Å². The van der Waals surface area contributed by atoms with Crippen LogP contribution in [0.25, 0.3) is 0 Å². The van der Waals surface area contributed by atoms with Crippen molar-refractivity contribution in [1.82, 2.24) is 5.32 Å². The van der Waals surface area contributed by atoms with Gasteiger partial charge in [0.15, 0.2) is 0 Å². The topological polar surface area (TPSA) is 12.0 Å². The molecule has 0 radical (unpaired) electrons. The Morgan fingerprint density at radius 2 is 2.50 bits per heavy atom. The molecule has 1 aliphatic heterocycles. The van der Waals surface area contributed by atoms with E-state index in [0.29, 0.717) is 0 Å². The van der Waals surface area contributed by atoms with Crippen LogP contribution in [0.15, 0.2) is 0 Å². The van der Waals surface area contributed by atoms with Crippen LogP contribution in [0.4, 0.5) is 0 Å². The summed E-state index contributed by atoms with van der Waals surface area (Å²) in [6.45, 7) is 1.23. The quantitative estimate of drug-likeness (QED) is 0.632. The Balaban J connectivity index is 2.06. The van der Waals surface area contributed by atoms with Gasteiger partial charge in [-0.05, 0) is 25.8 Å². The normalized spacial score (nSPS) is 28.9. The molecule has 8 heavy (non-hydrogen) atoms. The molecule has 1 heterocycles. The van der Waals surface area contributed by atoms with Crippen LogP contribution in [0.1, 0.15) is 19.3 Å². The lowest BCUT2D eigenvalue weighted by atomic mass is 10.2. The predicted molar refractivity (Wildman–Crippen MR) is 39.4 cm³/mol. The van der Waals surface area contributed by atoms with Gasteiger partial charge in [-0.25, -0.2) is 0 Å². The molecule has 1 rings (SSSR count). The summed E-state index contributed by atoms with van der Waals surface area (Å²) in [5, 5.41) is 4.57. The Morgan fingerprint density at radius 3 is 3.00 bits per heavy atom. The van der Waals surface area contributed by atoms with E-state index >= 15 is 0 Å². The van der Waals surface area contributed by atoms with Crippen molar-refractivity contribution in [2.75, 3.05) is 11.9 Å². The maximum Gasteiger partial charge on any atom is 0.00754 e. The molecule has 0 aromatic heterocycles. The molecule has 0 bridgehead atoms. The standard InChI is InChI=1S/C6H12BrN/c7-4-3-6-2-1-5-8-6/h6,8H,1-5H2. The second-order valence-electron chi connectivity index (χ2n) is 2.27. The van der Waals surface area contributed by atoms with Gasteiger partial charge in [0.2, 0.25) is 0 Å². The Labute approximate surface area is 59.0 Å². The fourth-order valence-electron chi connectivity index (χ4n) is 1.13. The van der Waals surface area contributed by atoms with Gasteiger partial charge in [0.1, 0.15) is 0 Å². The maximum atomic E-state index is 3.43. The molecular weight excluding hydrogens is 166 g/mol. The second-order valence-corrected chi connectivity index (χ2v) is 3.06. The summed E-state index contributed by atoms with van der Waals surface area (Å²) in [7, 11) is 0. The lowest BCUT2D eigenvalue weighted by Crippen LogP contribution is -2.21. The highest BCUT2D eigenvalue weighted by Crippen LogP contribution is 2.08. The van der Waals surface area contributed by atoms with E-state index in [-0.39, 0.29) is 0 Å². The van der Waals surface area contributed by atoms with Crippen LogP contribution in [-0.4, -0.2) is 17.9 Å². The molecule has 0 amide bonds. The molecule has 0 spiro atoms. The summed E-state index contributed by atoms with van der Waals surface area (Å²) in [5.74, 6) is 0. The Bertz CT molecular complexity index is 59.5. The lowest BCUT2D eigenvalue weighted by molar-refractivity contribution is 0.593. The molecule has 1 aliphatic rings. The largest absolute Gasteiger partial charge is 0.314 e. The maximum absolute atomic E-state index is 3.43. The van der Waals surface area contributed by atoms with Gasteiger partial charge in [0, 0.05) is 11.4 Å². The van der Waals surface area contributed by atoms with Crippen LogP contribution in [0.5, 0.6) is 0 Å². The summed E-state index contributed by atoms with van der Waals surface area (Å²) in [4.78, 5) is 0. The first-order chi connectivity index (χ1) is 3.93. The van der Waals surface area contributed by atoms with Gasteiger partial charge >= 0.3 is 0 Å². The highest BCUT2D eigenvalue weighted by atomic mass is 79.9. The Morgan fingerprint density at radius 1 is 1.62 bits per heavy atom. The SMILES string of the molecule is BrCCC1CCCN1. The van der Waals surface area contributed by atoms with Crippen LogP contribution in [-0.2, 0) is 0 Å². The van der Waals surface area contributed by atoms with Crippen molar-refractivity contribution >= 4 is 15.9 Å². The van der Waals surface area contributed by atoms with Gasteiger partial charge in [-0.2, -0.15) is 0 Å². The highest BCUT2D eigenvalue weighted by molar-refractivity contribution is 9.09. The van der Waals surface area contributed by atoms with Crippen molar-refractivity contribution in [3.05, 3.63) is 0 Å².